The van der Waals surface area contributed by atoms with E-state index in [4.69, 9.17) is 0 Å². The van der Waals surface area contributed by atoms with Crippen molar-refractivity contribution in [3.8, 4) is 5.75 Å². The summed E-state index contributed by atoms with van der Waals surface area (Å²) >= 11 is 0. The van der Waals surface area contributed by atoms with E-state index in [0.717, 1.165) is 5.39 Å². The van der Waals surface area contributed by atoms with Crippen LogP contribution in [-0.2, 0) is 10.1 Å². The van der Waals surface area contributed by atoms with E-state index in [1.54, 1.807) is 36.4 Å². The molecule has 0 amide bonds. The van der Waals surface area contributed by atoms with E-state index in [1.807, 2.05) is 18.2 Å². The van der Waals surface area contributed by atoms with E-state index in [-0.39, 0.29) is 45.9 Å². The molecule has 0 saturated heterocycles. The maximum atomic E-state index is 12.2. The molecule has 0 aliphatic carbocycles. The fraction of sp³-hybridized carbons (Fsp3) is 0. The molecule has 4 rings (SSSR count). The van der Waals surface area contributed by atoms with Crippen molar-refractivity contribution in [2.75, 3.05) is 0 Å². The molecule has 8 heteroatoms. The van der Waals surface area contributed by atoms with Crippen LogP contribution in [-0.4, -0.2) is 13.0 Å². The summed E-state index contributed by atoms with van der Waals surface area (Å²) in [6.45, 7) is 0. The smallest absolute Gasteiger partial charge is 0.871 e. The number of azo groups is 1. The van der Waals surface area contributed by atoms with E-state index in [1.165, 1.54) is 18.2 Å². The van der Waals surface area contributed by atoms with Gasteiger partial charge in [-0.2, -0.15) is 13.5 Å². The summed E-state index contributed by atoms with van der Waals surface area (Å²) in [6, 6.07) is 19.9. The summed E-state index contributed by atoms with van der Waals surface area (Å²) < 4.78 is 32.6. The van der Waals surface area contributed by atoms with E-state index in [0.29, 0.717) is 21.8 Å². The molecule has 0 aromatic heterocycles. The van der Waals surface area contributed by atoms with Gasteiger partial charge in [-0.25, -0.2) is 0 Å². The number of hydrogen-bond donors (Lipinski definition) is 1. The number of rotatable bonds is 3. The van der Waals surface area contributed by atoms with Gasteiger partial charge >= 0.3 is 29.6 Å². The Kier molecular flexibility index (Phi) is 5.83. The van der Waals surface area contributed by atoms with Crippen molar-refractivity contribution in [1.82, 2.24) is 0 Å². The first kappa shape index (κ1) is 20.4. The molecule has 134 valence electrons. The topological polar surface area (TPSA) is 102 Å². The van der Waals surface area contributed by atoms with Crippen molar-refractivity contribution in [2.24, 2.45) is 10.2 Å². The Hall–Kier alpha value is -2.29. The van der Waals surface area contributed by atoms with Crippen molar-refractivity contribution in [2.45, 2.75) is 4.90 Å². The van der Waals surface area contributed by atoms with Crippen LogP contribution in [0.4, 0.5) is 11.4 Å². The molecule has 0 saturated carbocycles. The minimum atomic E-state index is -4.37. The first-order valence-corrected chi connectivity index (χ1v) is 9.49. The third-order valence-corrected chi connectivity index (χ3v) is 5.17. The third kappa shape index (κ3) is 3.80. The van der Waals surface area contributed by atoms with Gasteiger partial charge < -0.3 is 5.11 Å². The molecular weight excluding hydrogens is 387 g/mol. The van der Waals surface area contributed by atoms with Gasteiger partial charge in [0.15, 0.2) is 0 Å². The van der Waals surface area contributed by atoms with Crippen molar-refractivity contribution in [3.63, 3.8) is 0 Å². The summed E-state index contributed by atoms with van der Waals surface area (Å²) in [4.78, 5) is -0.202. The standard InChI is InChI=1S/C20H14N2O4S.Na/c23-18-12-11-13-5-1-2-6-14(13)20(18)22-21-17-9-3-8-16-15(17)7-4-10-19(16)27(24,25)26;/h1-12,23H,(H,24,25,26);/q;+1/p-1. The summed E-state index contributed by atoms with van der Waals surface area (Å²) in [5.41, 5.74) is 0.612. The number of benzene rings is 4. The van der Waals surface area contributed by atoms with Crippen LogP contribution in [0.15, 0.2) is 87.9 Å². The quantitative estimate of drug-likeness (QED) is 0.321. The molecule has 0 bridgehead atoms. The predicted octanol–water partition coefficient (Wildman–Crippen LogP) is 1.73. The molecule has 0 radical (unpaired) electrons. The minimum Gasteiger partial charge on any atom is -0.871 e. The average Bonchev–Trinajstić information content (AvgIpc) is 2.66. The van der Waals surface area contributed by atoms with Gasteiger partial charge in [0.1, 0.15) is 4.90 Å². The van der Waals surface area contributed by atoms with E-state index < -0.39 is 10.1 Å². The van der Waals surface area contributed by atoms with E-state index in [2.05, 4.69) is 10.2 Å². The van der Waals surface area contributed by atoms with Gasteiger partial charge in [0.2, 0.25) is 0 Å². The minimum absolute atomic E-state index is 0. The largest absolute Gasteiger partial charge is 1.00 e. The number of hydrogen-bond acceptors (Lipinski definition) is 5. The Balaban J connectivity index is 0.00000225. The number of fused-ring (bicyclic) bond motifs is 2. The molecule has 0 heterocycles. The Morgan fingerprint density at radius 2 is 1.43 bits per heavy atom. The van der Waals surface area contributed by atoms with Crippen molar-refractivity contribution in [1.29, 1.82) is 0 Å². The molecule has 1 N–H and O–H groups in total. The van der Waals surface area contributed by atoms with Gasteiger partial charge in [0, 0.05) is 16.2 Å². The van der Waals surface area contributed by atoms with Gasteiger partial charge in [-0.05, 0) is 17.5 Å². The van der Waals surface area contributed by atoms with Crippen LogP contribution >= 0.6 is 0 Å². The van der Waals surface area contributed by atoms with Gasteiger partial charge in [0.05, 0.1) is 11.4 Å². The molecule has 0 aliphatic rings. The van der Waals surface area contributed by atoms with E-state index >= 15 is 0 Å². The first-order chi connectivity index (χ1) is 12.9. The van der Waals surface area contributed by atoms with Crippen molar-refractivity contribution in [3.05, 3.63) is 72.8 Å². The first-order valence-electron chi connectivity index (χ1n) is 8.05. The SMILES string of the molecule is O=S(=O)(O)c1cccc2c(N=Nc3c([O-])ccc4ccccc34)cccc12.[Na+]. The van der Waals surface area contributed by atoms with E-state index in [9.17, 15) is 18.1 Å². The summed E-state index contributed by atoms with van der Waals surface area (Å²) in [5, 5.41) is 23.0. The Morgan fingerprint density at radius 1 is 0.750 bits per heavy atom. The Bertz CT molecular complexity index is 1320. The molecule has 6 nitrogen and oxygen atoms in total. The molecule has 4 aromatic carbocycles. The normalized spacial score (nSPS) is 11.8. The monoisotopic (exact) mass is 400 g/mol. The molecule has 4 aromatic rings. The third-order valence-electron chi connectivity index (χ3n) is 4.26. The zero-order valence-corrected chi connectivity index (χ0v) is 17.7. The van der Waals surface area contributed by atoms with Crippen molar-refractivity contribution < 1.29 is 47.6 Å². The van der Waals surface area contributed by atoms with Crippen molar-refractivity contribution >= 4 is 43.0 Å². The summed E-state index contributed by atoms with van der Waals surface area (Å²) in [6.07, 6.45) is 0. The Labute approximate surface area is 183 Å². The maximum Gasteiger partial charge on any atom is 1.00 e. The van der Waals surface area contributed by atoms with Crippen LogP contribution in [0.5, 0.6) is 5.75 Å². The average molecular weight is 400 g/mol. The fourth-order valence-electron chi connectivity index (χ4n) is 3.02. The zero-order valence-electron chi connectivity index (χ0n) is 14.9. The van der Waals surface area contributed by atoms with Crippen LogP contribution in [0.2, 0.25) is 0 Å². The Morgan fingerprint density at radius 3 is 2.21 bits per heavy atom. The van der Waals surface area contributed by atoms with Crippen LogP contribution in [0.3, 0.4) is 0 Å². The number of nitrogens with zero attached hydrogens (tertiary/aromatic N) is 2. The summed E-state index contributed by atoms with van der Waals surface area (Å²) in [7, 11) is -4.37. The second kappa shape index (κ2) is 7.98. The van der Waals surface area contributed by atoms with Gasteiger partial charge in [-0.3, -0.25) is 4.55 Å². The van der Waals surface area contributed by atoms with Gasteiger partial charge in [-0.1, -0.05) is 66.4 Å². The van der Waals surface area contributed by atoms with Gasteiger partial charge in [-0.15, -0.1) is 5.11 Å². The zero-order chi connectivity index (χ0) is 19.0. The molecule has 0 fully saturated rings. The molecule has 0 aliphatic heterocycles. The van der Waals surface area contributed by atoms with Crippen LogP contribution in [0.1, 0.15) is 0 Å². The second-order valence-corrected chi connectivity index (χ2v) is 7.33. The maximum absolute atomic E-state index is 12.2. The van der Waals surface area contributed by atoms with Crippen LogP contribution < -0.4 is 34.7 Å². The van der Waals surface area contributed by atoms with Gasteiger partial charge in [0.25, 0.3) is 10.1 Å². The molecule has 28 heavy (non-hydrogen) atoms. The molecular formula is C20H13N2NaO4S. The molecule has 0 atom stereocenters. The van der Waals surface area contributed by atoms with Crippen LogP contribution in [0.25, 0.3) is 21.5 Å². The van der Waals surface area contributed by atoms with Crippen LogP contribution in [0, 0.1) is 0 Å². The molecule has 0 unspecified atom stereocenters. The summed E-state index contributed by atoms with van der Waals surface area (Å²) in [5.74, 6) is -0.253. The fourth-order valence-corrected chi connectivity index (χ4v) is 3.73. The second-order valence-electron chi connectivity index (χ2n) is 5.94. The predicted molar refractivity (Wildman–Crippen MR) is 101 cm³/mol. The molecule has 0 spiro atoms.